The largest absolute Gasteiger partial charge is 0.507 e. The smallest absolute Gasteiger partial charge is 0.344 e. The fourth-order valence-electron chi connectivity index (χ4n) is 3.09. The first-order valence-electron chi connectivity index (χ1n) is 8.90. The van der Waals surface area contributed by atoms with Gasteiger partial charge in [-0.15, -0.1) is 0 Å². The van der Waals surface area contributed by atoms with E-state index >= 15 is 0 Å². The van der Waals surface area contributed by atoms with E-state index in [0.717, 1.165) is 16.7 Å². The first-order chi connectivity index (χ1) is 12.0. The molecule has 1 N–H and O–H groups in total. The highest BCUT2D eigenvalue weighted by Crippen LogP contribution is 2.45. The number of rotatable bonds is 1. The number of fused-ring (bicyclic) bond motifs is 1. The molecule has 3 rings (SSSR count). The van der Waals surface area contributed by atoms with Gasteiger partial charge in [0, 0.05) is 16.7 Å². The Morgan fingerprint density at radius 3 is 2.19 bits per heavy atom. The molecule has 0 bridgehead atoms. The van der Waals surface area contributed by atoms with E-state index in [-0.39, 0.29) is 22.5 Å². The van der Waals surface area contributed by atoms with Crippen LogP contribution in [0.1, 0.15) is 63.8 Å². The van der Waals surface area contributed by atoms with E-state index in [2.05, 4.69) is 47.6 Å². The fraction of sp³-hybridized carbons (Fsp3) is 0.348. The van der Waals surface area contributed by atoms with Crippen molar-refractivity contribution < 1.29 is 14.6 Å². The van der Waals surface area contributed by atoms with Gasteiger partial charge in [0.25, 0.3) is 0 Å². The van der Waals surface area contributed by atoms with Crippen LogP contribution in [0.25, 0.3) is 11.6 Å². The number of phenols is 1. The van der Waals surface area contributed by atoms with Crippen LogP contribution >= 0.6 is 0 Å². The summed E-state index contributed by atoms with van der Waals surface area (Å²) in [6, 6.07) is 11.2. The van der Waals surface area contributed by atoms with Gasteiger partial charge in [-0.3, -0.25) is 0 Å². The zero-order valence-electron chi connectivity index (χ0n) is 16.3. The van der Waals surface area contributed by atoms with Crippen molar-refractivity contribution in [1.82, 2.24) is 0 Å². The second-order valence-corrected chi connectivity index (χ2v) is 8.91. The van der Waals surface area contributed by atoms with E-state index in [9.17, 15) is 9.90 Å². The molecule has 1 aliphatic rings. The molecule has 0 spiro atoms. The van der Waals surface area contributed by atoms with Crippen LogP contribution in [0.2, 0.25) is 0 Å². The van der Waals surface area contributed by atoms with E-state index in [1.54, 1.807) is 24.3 Å². The molecular formula is C23H26O3. The Bertz CT molecular complexity index is 906. The number of carbonyl (C=O) groups excluding carboxylic acids is 1. The second kappa shape index (κ2) is 6.01. The normalized spacial score (nSPS) is 15.9. The van der Waals surface area contributed by atoms with Crippen LogP contribution in [0.3, 0.4) is 0 Å². The molecule has 0 saturated heterocycles. The predicted molar refractivity (Wildman–Crippen MR) is 105 cm³/mol. The van der Waals surface area contributed by atoms with Gasteiger partial charge in [-0.25, -0.2) is 4.79 Å². The number of hydrogen-bond donors (Lipinski definition) is 1. The molecule has 26 heavy (non-hydrogen) atoms. The minimum atomic E-state index is -0.375. The quantitative estimate of drug-likeness (QED) is 0.423. The van der Waals surface area contributed by atoms with Crippen LogP contribution in [0.5, 0.6) is 11.5 Å². The monoisotopic (exact) mass is 350 g/mol. The molecule has 3 heteroatoms. The molecular weight excluding hydrogens is 324 g/mol. The minimum Gasteiger partial charge on any atom is -0.507 e. The maximum atomic E-state index is 12.6. The van der Waals surface area contributed by atoms with E-state index in [0.29, 0.717) is 16.9 Å². The first kappa shape index (κ1) is 18.2. The van der Waals surface area contributed by atoms with Gasteiger partial charge in [0.1, 0.15) is 11.5 Å². The Morgan fingerprint density at radius 1 is 0.962 bits per heavy atom. The highest BCUT2D eigenvalue weighted by atomic mass is 16.5. The van der Waals surface area contributed by atoms with E-state index < -0.39 is 0 Å². The van der Waals surface area contributed by atoms with Crippen molar-refractivity contribution in [2.24, 2.45) is 0 Å². The molecule has 2 aromatic carbocycles. The summed E-state index contributed by atoms with van der Waals surface area (Å²) < 4.78 is 5.67. The topological polar surface area (TPSA) is 46.5 Å². The third-order valence-electron chi connectivity index (χ3n) is 4.70. The Labute approximate surface area is 155 Å². The Balaban J connectivity index is 2.27. The van der Waals surface area contributed by atoms with Crippen molar-refractivity contribution in [3.8, 4) is 11.5 Å². The van der Waals surface area contributed by atoms with Crippen molar-refractivity contribution >= 4 is 17.6 Å². The lowest BCUT2D eigenvalue weighted by Crippen LogP contribution is -2.17. The summed E-state index contributed by atoms with van der Waals surface area (Å²) in [6.07, 6.45) is 1.71. The summed E-state index contributed by atoms with van der Waals surface area (Å²) >= 11 is 0. The number of phenolic OH excluding ortho intramolecular Hbond substituents is 1. The zero-order chi connectivity index (χ0) is 19.3. The first-order valence-corrected chi connectivity index (χ1v) is 8.90. The molecule has 3 nitrogen and oxygen atoms in total. The lowest BCUT2D eigenvalue weighted by Gasteiger charge is -2.26. The summed E-state index contributed by atoms with van der Waals surface area (Å²) in [5, 5.41) is 10.1. The number of hydrogen-bond acceptors (Lipinski definition) is 3. The molecule has 1 heterocycles. The Hall–Kier alpha value is -2.55. The molecule has 0 fully saturated rings. The number of aromatic hydroxyl groups is 1. The van der Waals surface area contributed by atoms with Gasteiger partial charge < -0.3 is 9.84 Å². The van der Waals surface area contributed by atoms with Crippen LogP contribution in [0.15, 0.2) is 36.4 Å². The summed E-state index contributed by atoms with van der Waals surface area (Å²) in [5.74, 6) is 0.404. The Kier molecular flexibility index (Phi) is 4.22. The van der Waals surface area contributed by atoms with Crippen molar-refractivity contribution in [2.75, 3.05) is 0 Å². The summed E-state index contributed by atoms with van der Waals surface area (Å²) in [7, 11) is 0. The summed E-state index contributed by atoms with van der Waals surface area (Å²) in [5.41, 5.74) is 3.85. The van der Waals surface area contributed by atoms with Gasteiger partial charge in [-0.05, 0) is 34.6 Å². The third kappa shape index (κ3) is 3.26. The van der Waals surface area contributed by atoms with Crippen LogP contribution in [0.4, 0.5) is 0 Å². The molecule has 0 atom stereocenters. The molecule has 0 saturated carbocycles. The van der Waals surface area contributed by atoms with Gasteiger partial charge in [0.15, 0.2) is 0 Å². The van der Waals surface area contributed by atoms with E-state index in [1.165, 1.54) is 0 Å². The summed E-state index contributed by atoms with van der Waals surface area (Å²) in [6.45, 7) is 12.8. The second-order valence-electron chi connectivity index (χ2n) is 8.91. The summed E-state index contributed by atoms with van der Waals surface area (Å²) in [4.78, 5) is 12.6. The van der Waals surface area contributed by atoms with Crippen molar-refractivity contribution in [3.05, 3.63) is 58.7 Å². The fourth-order valence-corrected chi connectivity index (χ4v) is 3.09. The number of benzene rings is 2. The number of ether oxygens (including phenoxy) is 1. The Morgan fingerprint density at radius 2 is 1.62 bits per heavy atom. The number of carbonyl (C=O) groups is 1. The predicted octanol–water partition coefficient (Wildman–Crippen LogP) is 5.45. The van der Waals surface area contributed by atoms with Crippen LogP contribution in [-0.2, 0) is 15.6 Å². The van der Waals surface area contributed by atoms with Gasteiger partial charge >= 0.3 is 5.97 Å². The van der Waals surface area contributed by atoms with Gasteiger partial charge in [0.2, 0.25) is 0 Å². The van der Waals surface area contributed by atoms with Gasteiger partial charge in [0.05, 0.1) is 5.57 Å². The van der Waals surface area contributed by atoms with E-state index in [1.807, 2.05) is 12.1 Å². The van der Waals surface area contributed by atoms with Crippen LogP contribution in [-0.4, -0.2) is 11.1 Å². The molecule has 1 aliphatic heterocycles. The minimum absolute atomic E-state index is 0.0549. The number of esters is 1. The molecule has 0 aromatic heterocycles. The SMILES string of the molecule is CC(C)(C)c1cc2c(c(C(C)(C)C)c1)OC(=O)/C2=C/c1ccccc1O. The maximum Gasteiger partial charge on any atom is 0.344 e. The molecule has 2 aromatic rings. The average molecular weight is 350 g/mol. The highest BCUT2D eigenvalue weighted by Gasteiger charge is 2.34. The van der Waals surface area contributed by atoms with E-state index in [4.69, 9.17) is 4.74 Å². The van der Waals surface area contributed by atoms with Crippen molar-refractivity contribution in [3.63, 3.8) is 0 Å². The molecule has 0 aliphatic carbocycles. The molecule has 136 valence electrons. The molecule has 0 unspecified atom stereocenters. The van der Waals surface area contributed by atoms with Crippen LogP contribution in [0, 0.1) is 0 Å². The lowest BCUT2D eigenvalue weighted by atomic mass is 9.78. The van der Waals surface area contributed by atoms with Crippen molar-refractivity contribution in [2.45, 2.75) is 52.4 Å². The zero-order valence-corrected chi connectivity index (χ0v) is 16.3. The van der Waals surface area contributed by atoms with Gasteiger partial charge in [-0.1, -0.05) is 65.8 Å². The number of para-hydroxylation sites is 1. The maximum absolute atomic E-state index is 12.6. The van der Waals surface area contributed by atoms with Crippen LogP contribution < -0.4 is 4.74 Å². The lowest BCUT2D eigenvalue weighted by molar-refractivity contribution is -0.127. The third-order valence-corrected chi connectivity index (χ3v) is 4.70. The standard InChI is InChI=1S/C23H26O3/c1-22(2,3)15-12-16-17(11-14-9-7-8-10-19(14)24)21(25)26-20(16)18(13-15)23(4,5)6/h7-13,24H,1-6H3/b17-11+. The molecule has 0 amide bonds. The van der Waals surface area contributed by atoms with Gasteiger partial charge in [-0.2, -0.15) is 0 Å². The average Bonchev–Trinajstić information content (AvgIpc) is 2.82. The highest BCUT2D eigenvalue weighted by molar-refractivity contribution is 6.26. The molecule has 0 radical (unpaired) electrons. The van der Waals surface area contributed by atoms with Crippen molar-refractivity contribution in [1.29, 1.82) is 0 Å².